The third kappa shape index (κ3) is 5.00. The van der Waals surface area contributed by atoms with Crippen molar-refractivity contribution in [3.05, 3.63) is 34.3 Å². The van der Waals surface area contributed by atoms with E-state index in [-0.39, 0.29) is 11.5 Å². The molecule has 0 aromatic heterocycles. The molecule has 1 aliphatic rings. The van der Waals surface area contributed by atoms with Crippen molar-refractivity contribution >= 4 is 21.9 Å². The van der Waals surface area contributed by atoms with Crippen LogP contribution in [-0.2, 0) is 10.2 Å². The van der Waals surface area contributed by atoms with Gasteiger partial charge in [0.1, 0.15) is 0 Å². The van der Waals surface area contributed by atoms with E-state index in [4.69, 9.17) is 10.5 Å². The normalized spacial score (nSPS) is 19.8. The van der Waals surface area contributed by atoms with E-state index in [1.54, 1.807) is 0 Å². The molecule has 2 rings (SSSR count). The Balaban J connectivity index is 1.86. The summed E-state index contributed by atoms with van der Waals surface area (Å²) in [5.41, 5.74) is 7.14. The Hall–Kier alpha value is -1.07. The minimum absolute atomic E-state index is 0.0448. The number of aliphatic imine (C=N–C) groups is 1. The standard InChI is InChI=1S/C16H24BrN3O/c1-16(2,12-5-7-13(17)8-6-12)11-20-15(18)19-10-14-4-3-9-21-14/h5-8,14H,3-4,9-11H2,1-2H3,(H3,18,19,20). The van der Waals surface area contributed by atoms with Gasteiger partial charge in [0, 0.05) is 23.0 Å². The lowest BCUT2D eigenvalue weighted by Gasteiger charge is -2.23. The molecule has 1 saturated heterocycles. The first-order valence-electron chi connectivity index (χ1n) is 7.39. The maximum atomic E-state index is 5.94. The molecule has 0 radical (unpaired) electrons. The van der Waals surface area contributed by atoms with Gasteiger partial charge in [-0.3, -0.25) is 4.99 Å². The summed E-state index contributed by atoms with van der Waals surface area (Å²) >= 11 is 3.46. The summed E-state index contributed by atoms with van der Waals surface area (Å²) in [7, 11) is 0. The molecule has 1 fully saturated rings. The van der Waals surface area contributed by atoms with Crippen molar-refractivity contribution in [2.24, 2.45) is 10.7 Å². The van der Waals surface area contributed by atoms with Crippen LogP contribution in [0.2, 0.25) is 0 Å². The molecule has 3 N–H and O–H groups in total. The number of rotatable bonds is 5. The zero-order valence-corrected chi connectivity index (χ0v) is 14.3. The van der Waals surface area contributed by atoms with Crippen LogP contribution < -0.4 is 11.1 Å². The van der Waals surface area contributed by atoms with E-state index in [2.05, 4.69) is 64.4 Å². The zero-order valence-electron chi connectivity index (χ0n) is 12.7. The van der Waals surface area contributed by atoms with Crippen molar-refractivity contribution < 1.29 is 4.74 Å². The fourth-order valence-corrected chi connectivity index (χ4v) is 2.62. The van der Waals surface area contributed by atoms with Gasteiger partial charge in [-0.2, -0.15) is 0 Å². The Morgan fingerprint density at radius 1 is 1.43 bits per heavy atom. The predicted molar refractivity (Wildman–Crippen MR) is 90.6 cm³/mol. The molecule has 0 bridgehead atoms. The van der Waals surface area contributed by atoms with Crippen molar-refractivity contribution in [3.63, 3.8) is 0 Å². The van der Waals surface area contributed by atoms with Gasteiger partial charge in [-0.1, -0.05) is 41.9 Å². The highest BCUT2D eigenvalue weighted by Crippen LogP contribution is 2.25. The number of ether oxygens (including phenoxy) is 1. The number of guanidine groups is 1. The molecule has 4 nitrogen and oxygen atoms in total. The van der Waals surface area contributed by atoms with E-state index in [0.29, 0.717) is 12.5 Å². The van der Waals surface area contributed by atoms with E-state index < -0.39 is 0 Å². The molecule has 1 unspecified atom stereocenters. The van der Waals surface area contributed by atoms with Gasteiger partial charge in [0.2, 0.25) is 0 Å². The van der Waals surface area contributed by atoms with E-state index in [1.807, 2.05) is 0 Å². The van der Waals surface area contributed by atoms with Crippen molar-refractivity contribution in [3.8, 4) is 0 Å². The second-order valence-corrected chi connectivity index (χ2v) is 7.02. The first kappa shape index (κ1) is 16.3. The molecule has 1 atom stereocenters. The number of nitrogens with two attached hydrogens (primary N) is 1. The molecule has 0 spiro atoms. The fourth-order valence-electron chi connectivity index (χ4n) is 2.35. The molecule has 5 heteroatoms. The summed E-state index contributed by atoms with van der Waals surface area (Å²) < 4.78 is 6.64. The molecule has 1 heterocycles. The molecule has 1 aliphatic heterocycles. The van der Waals surface area contributed by atoms with Gasteiger partial charge in [0.25, 0.3) is 0 Å². The van der Waals surface area contributed by atoms with Crippen molar-refractivity contribution in [1.82, 2.24) is 5.32 Å². The van der Waals surface area contributed by atoms with Crippen molar-refractivity contribution in [2.75, 3.05) is 19.7 Å². The summed E-state index contributed by atoms with van der Waals surface area (Å²) in [6.07, 6.45) is 2.52. The van der Waals surface area contributed by atoms with Gasteiger partial charge in [-0.05, 0) is 30.5 Å². The van der Waals surface area contributed by atoms with Crippen LogP contribution in [0.3, 0.4) is 0 Å². The van der Waals surface area contributed by atoms with Crippen LogP contribution in [0.15, 0.2) is 33.7 Å². The third-order valence-corrected chi connectivity index (χ3v) is 4.33. The predicted octanol–water partition coefficient (Wildman–Crippen LogP) is 2.81. The minimum atomic E-state index is -0.0448. The number of nitrogens with zero attached hydrogens (tertiary/aromatic N) is 1. The quantitative estimate of drug-likeness (QED) is 0.632. The molecule has 116 valence electrons. The minimum Gasteiger partial charge on any atom is -0.376 e. The highest BCUT2D eigenvalue weighted by molar-refractivity contribution is 9.10. The highest BCUT2D eigenvalue weighted by atomic mass is 79.9. The van der Waals surface area contributed by atoms with Crippen LogP contribution in [0.5, 0.6) is 0 Å². The number of halogens is 1. The Labute approximate surface area is 135 Å². The SMILES string of the molecule is CC(C)(CN=C(N)NCC1CCCO1)c1ccc(Br)cc1. The topological polar surface area (TPSA) is 59.6 Å². The molecule has 0 aliphatic carbocycles. The molecular weight excluding hydrogens is 330 g/mol. The first-order chi connectivity index (χ1) is 9.97. The molecule has 0 amide bonds. The summed E-state index contributed by atoms with van der Waals surface area (Å²) in [4.78, 5) is 4.47. The number of hydrogen-bond acceptors (Lipinski definition) is 2. The number of benzene rings is 1. The van der Waals surface area contributed by atoms with Crippen LogP contribution in [0.1, 0.15) is 32.3 Å². The second-order valence-electron chi connectivity index (χ2n) is 6.11. The smallest absolute Gasteiger partial charge is 0.188 e. The molecular formula is C16H24BrN3O. The summed E-state index contributed by atoms with van der Waals surface area (Å²) in [6, 6.07) is 8.35. The lowest BCUT2D eigenvalue weighted by Crippen LogP contribution is -2.38. The van der Waals surface area contributed by atoms with Gasteiger partial charge in [-0.15, -0.1) is 0 Å². The van der Waals surface area contributed by atoms with E-state index >= 15 is 0 Å². The van der Waals surface area contributed by atoms with E-state index in [1.165, 1.54) is 5.56 Å². The summed E-state index contributed by atoms with van der Waals surface area (Å²) in [5.74, 6) is 0.496. The van der Waals surface area contributed by atoms with Crippen LogP contribution in [0.25, 0.3) is 0 Å². The fraction of sp³-hybridized carbons (Fsp3) is 0.562. The molecule has 1 aromatic rings. The lowest BCUT2D eigenvalue weighted by molar-refractivity contribution is 0.114. The maximum absolute atomic E-state index is 5.94. The molecule has 1 aromatic carbocycles. The Bertz CT molecular complexity index is 479. The van der Waals surface area contributed by atoms with Crippen molar-refractivity contribution in [2.45, 2.75) is 38.2 Å². The monoisotopic (exact) mass is 353 g/mol. The Kier molecular flexibility index (Phi) is 5.65. The van der Waals surface area contributed by atoms with Crippen LogP contribution in [0.4, 0.5) is 0 Å². The van der Waals surface area contributed by atoms with Gasteiger partial charge in [0.15, 0.2) is 5.96 Å². The van der Waals surface area contributed by atoms with Crippen LogP contribution in [-0.4, -0.2) is 31.8 Å². The highest BCUT2D eigenvalue weighted by Gasteiger charge is 2.20. The van der Waals surface area contributed by atoms with E-state index in [9.17, 15) is 0 Å². The van der Waals surface area contributed by atoms with Gasteiger partial charge in [0.05, 0.1) is 12.6 Å². The van der Waals surface area contributed by atoms with Gasteiger partial charge < -0.3 is 15.8 Å². The first-order valence-corrected chi connectivity index (χ1v) is 8.18. The summed E-state index contributed by atoms with van der Waals surface area (Å²) in [6.45, 7) is 6.60. The third-order valence-electron chi connectivity index (χ3n) is 3.81. The van der Waals surface area contributed by atoms with Gasteiger partial charge >= 0.3 is 0 Å². The van der Waals surface area contributed by atoms with Crippen LogP contribution in [0, 0.1) is 0 Å². The zero-order chi connectivity index (χ0) is 15.3. The largest absolute Gasteiger partial charge is 0.376 e. The van der Waals surface area contributed by atoms with Gasteiger partial charge in [-0.25, -0.2) is 0 Å². The van der Waals surface area contributed by atoms with Crippen LogP contribution >= 0.6 is 15.9 Å². The Morgan fingerprint density at radius 2 is 2.14 bits per heavy atom. The Morgan fingerprint density at radius 3 is 2.76 bits per heavy atom. The maximum Gasteiger partial charge on any atom is 0.188 e. The van der Waals surface area contributed by atoms with E-state index in [0.717, 1.165) is 30.5 Å². The number of hydrogen-bond donors (Lipinski definition) is 2. The molecule has 21 heavy (non-hydrogen) atoms. The second kappa shape index (κ2) is 7.27. The lowest BCUT2D eigenvalue weighted by atomic mass is 9.85. The van der Waals surface area contributed by atoms with Crippen molar-refractivity contribution in [1.29, 1.82) is 0 Å². The molecule has 0 saturated carbocycles. The summed E-state index contributed by atoms with van der Waals surface area (Å²) in [5, 5.41) is 3.15. The average molecular weight is 354 g/mol. The number of nitrogens with one attached hydrogen (secondary N) is 1. The average Bonchev–Trinajstić information content (AvgIpc) is 2.97.